The van der Waals surface area contributed by atoms with Gasteiger partial charge in [-0.05, 0) is 42.8 Å². The van der Waals surface area contributed by atoms with Crippen molar-refractivity contribution in [1.82, 2.24) is 0 Å². The first kappa shape index (κ1) is 21.5. The Labute approximate surface area is 187 Å². The number of hydrogen-bond donors (Lipinski definition) is 1. The summed E-state index contributed by atoms with van der Waals surface area (Å²) in [6, 6.07) is 16.8. The molecule has 9 heteroatoms. The van der Waals surface area contributed by atoms with Crippen molar-refractivity contribution in [2.24, 2.45) is 0 Å². The van der Waals surface area contributed by atoms with E-state index in [-0.39, 0.29) is 17.2 Å². The zero-order valence-corrected chi connectivity index (χ0v) is 17.6. The molecule has 0 bridgehead atoms. The maximum atomic E-state index is 14.1. The van der Waals surface area contributed by atoms with Gasteiger partial charge < -0.3 is 10.2 Å². The Balaban J connectivity index is 1.64. The first-order chi connectivity index (χ1) is 15.4. The lowest BCUT2D eigenvalue weighted by Gasteiger charge is -2.17. The van der Waals surface area contributed by atoms with Crippen LogP contribution in [0.2, 0.25) is 0 Å². The van der Waals surface area contributed by atoms with E-state index >= 15 is 0 Å². The normalized spacial score (nSPS) is 13.3. The Morgan fingerprint density at radius 3 is 2.59 bits per heavy atom. The highest BCUT2D eigenvalue weighted by atomic mass is 32.2. The number of nitrogens with zero attached hydrogens (tertiary/aromatic N) is 2. The number of hydrogen-bond acceptors (Lipinski definition) is 5. The summed E-state index contributed by atoms with van der Waals surface area (Å²) >= 11 is 1.01. The van der Waals surface area contributed by atoms with Crippen molar-refractivity contribution in [2.45, 2.75) is 22.6 Å². The number of carbonyl (C=O) groups is 2. The number of halogens is 1. The van der Waals surface area contributed by atoms with Crippen molar-refractivity contribution in [3.8, 4) is 0 Å². The van der Waals surface area contributed by atoms with Crippen LogP contribution < -0.4 is 10.2 Å². The molecule has 1 N–H and O–H groups in total. The van der Waals surface area contributed by atoms with Crippen molar-refractivity contribution in [1.29, 1.82) is 0 Å². The molecular weight excluding hydrogens is 433 g/mol. The summed E-state index contributed by atoms with van der Waals surface area (Å²) in [5.74, 6) is -1.00. The molecule has 0 aliphatic carbocycles. The van der Waals surface area contributed by atoms with E-state index in [1.54, 1.807) is 47.4 Å². The molecule has 1 aliphatic heterocycles. The van der Waals surface area contributed by atoms with Gasteiger partial charge in [0.05, 0.1) is 10.5 Å². The summed E-state index contributed by atoms with van der Waals surface area (Å²) < 4.78 is 14.1. The number of carbonyl (C=O) groups excluding carboxylic acids is 2. The van der Waals surface area contributed by atoms with E-state index in [2.05, 4.69) is 5.32 Å². The number of nitro benzene ring substituents is 1. The van der Waals surface area contributed by atoms with E-state index in [4.69, 9.17) is 0 Å². The highest BCUT2D eigenvalue weighted by molar-refractivity contribution is 7.99. The predicted molar refractivity (Wildman–Crippen MR) is 120 cm³/mol. The number of anilines is 2. The second kappa shape index (κ2) is 9.19. The second-order valence-corrected chi connectivity index (χ2v) is 8.21. The third-order valence-electron chi connectivity index (χ3n) is 4.96. The Bertz CT molecular complexity index is 1220. The van der Waals surface area contributed by atoms with Crippen LogP contribution in [0.4, 0.5) is 21.5 Å². The molecule has 0 saturated carbocycles. The molecular formula is C23H18FN3O4S. The van der Waals surface area contributed by atoms with Crippen LogP contribution in [0.3, 0.4) is 0 Å². The van der Waals surface area contributed by atoms with Crippen LogP contribution in [-0.4, -0.2) is 23.3 Å². The van der Waals surface area contributed by atoms with E-state index in [1.807, 2.05) is 0 Å². The molecule has 0 unspecified atom stereocenters. The van der Waals surface area contributed by atoms with Crippen LogP contribution in [0, 0.1) is 15.9 Å². The number of nitro groups is 1. The fraction of sp³-hybridized carbons (Fsp3) is 0.130. The summed E-state index contributed by atoms with van der Waals surface area (Å²) in [6.07, 6.45) is 1.26. The van der Waals surface area contributed by atoms with Gasteiger partial charge in [0.25, 0.3) is 11.6 Å². The van der Waals surface area contributed by atoms with Gasteiger partial charge in [-0.1, -0.05) is 30.0 Å². The zero-order chi connectivity index (χ0) is 22.7. The quantitative estimate of drug-likeness (QED) is 0.407. The summed E-state index contributed by atoms with van der Waals surface area (Å²) in [5, 5.41) is 14.0. The Morgan fingerprint density at radius 2 is 1.88 bits per heavy atom. The highest BCUT2D eigenvalue weighted by Crippen LogP contribution is 2.34. The highest BCUT2D eigenvalue weighted by Gasteiger charge is 2.23. The fourth-order valence-electron chi connectivity index (χ4n) is 3.42. The standard InChI is InChI=1S/C23H18FN3O4S/c24-19-7-1-2-8-21(19)32-20-11-10-17(27(30)31)14-18(20)23(29)25-15-5-3-6-16(13-15)26-12-4-9-22(26)28/h1-3,5-8,10-11,13-14H,4,9,12H2,(H,25,29). The molecule has 32 heavy (non-hydrogen) atoms. The minimum Gasteiger partial charge on any atom is -0.322 e. The lowest BCUT2D eigenvalue weighted by atomic mass is 10.1. The van der Waals surface area contributed by atoms with Crippen LogP contribution >= 0.6 is 11.8 Å². The van der Waals surface area contributed by atoms with E-state index in [9.17, 15) is 24.1 Å². The third kappa shape index (κ3) is 4.62. The minimum absolute atomic E-state index is 0.0238. The first-order valence-corrected chi connectivity index (χ1v) is 10.7. The topological polar surface area (TPSA) is 92.6 Å². The number of nitrogens with one attached hydrogen (secondary N) is 1. The van der Waals surface area contributed by atoms with Crippen LogP contribution in [0.5, 0.6) is 0 Å². The van der Waals surface area contributed by atoms with Crippen molar-refractivity contribution in [3.05, 3.63) is 88.2 Å². The number of benzene rings is 3. The van der Waals surface area contributed by atoms with E-state index in [0.29, 0.717) is 34.1 Å². The van der Waals surface area contributed by atoms with Crippen molar-refractivity contribution >= 4 is 40.6 Å². The van der Waals surface area contributed by atoms with Crippen LogP contribution in [0.1, 0.15) is 23.2 Å². The van der Waals surface area contributed by atoms with Crippen LogP contribution in [-0.2, 0) is 4.79 Å². The Morgan fingerprint density at radius 1 is 1.06 bits per heavy atom. The van der Waals surface area contributed by atoms with Gasteiger partial charge in [-0.2, -0.15) is 0 Å². The maximum absolute atomic E-state index is 14.1. The van der Waals surface area contributed by atoms with Crippen LogP contribution in [0.15, 0.2) is 76.5 Å². The molecule has 0 radical (unpaired) electrons. The number of non-ortho nitro benzene ring substituents is 1. The third-order valence-corrected chi connectivity index (χ3v) is 6.09. The molecule has 3 aromatic rings. The molecule has 1 aliphatic rings. The zero-order valence-electron chi connectivity index (χ0n) is 16.8. The summed E-state index contributed by atoms with van der Waals surface area (Å²) in [4.78, 5) is 38.1. The van der Waals surface area contributed by atoms with Crippen molar-refractivity contribution in [2.75, 3.05) is 16.8 Å². The fourth-order valence-corrected chi connectivity index (χ4v) is 4.36. The molecule has 1 fully saturated rings. The Hall–Kier alpha value is -3.72. The SMILES string of the molecule is O=C(Nc1cccc(N2CCCC2=O)c1)c1cc([N+](=O)[O-])ccc1Sc1ccccc1F. The largest absolute Gasteiger partial charge is 0.322 e. The van der Waals surface area contributed by atoms with Gasteiger partial charge in [0.1, 0.15) is 5.82 Å². The molecule has 7 nitrogen and oxygen atoms in total. The molecule has 0 aromatic heterocycles. The molecule has 162 valence electrons. The average Bonchev–Trinajstić information content (AvgIpc) is 3.21. The minimum atomic E-state index is -0.589. The molecule has 0 atom stereocenters. The van der Waals surface area contributed by atoms with Gasteiger partial charge >= 0.3 is 0 Å². The molecule has 0 spiro atoms. The number of amides is 2. The molecule has 1 heterocycles. The molecule has 4 rings (SSSR count). The summed E-state index contributed by atoms with van der Waals surface area (Å²) in [6.45, 7) is 0.616. The lowest BCUT2D eigenvalue weighted by molar-refractivity contribution is -0.384. The van der Waals surface area contributed by atoms with Crippen LogP contribution in [0.25, 0.3) is 0 Å². The smallest absolute Gasteiger partial charge is 0.270 e. The predicted octanol–water partition coefficient (Wildman–Crippen LogP) is 5.26. The maximum Gasteiger partial charge on any atom is 0.270 e. The van der Waals surface area contributed by atoms with Crippen molar-refractivity contribution < 1.29 is 18.9 Å². The molecule has 3 aromatic carbocycles. The van der Waals surface area contributed by atoms with Gasteiger partial charge in [-0.3, -0.25) is 19.7 Å². The lowest BCUT2D eigenvalue weighted by Crippen LogP contribution is -2.23. The second-order valence-electron chi connectivity index (χ2n) is 7.12. The van der Waals surface area contributed by atoms with Gasteiger partial charge in [-0.25, -0.2) is 4.39 Å². The van der Waals surface area contributed by atoms with Gasteiger partial charge in [0.15, 0.2) is 0 Å². The summed E-state index contributed by atoms with van der Waals surface area (Å²) in [5.41, 5.74) is 0.922. The summed E-state index contributed by atoms with van der Waals surface area (Å²) in [7, 11) is 0. The van der Waals surface area contributed by atoms with E-state index in [0.717, 1.165) is 18.2 Å². The van der Waals surface area contributed by atoms with E-state index in [1.165, 1.54) is 24.3 Å². The Kier molecular flexibility index (Phi) is 6.18. The molecule has 2 amide bonds. The van der Waals surface area contributed by atoms with Crippen molar-refractivity contribution in [3.63, 3.8) is 0 Å². The monoisotopic (exact) mass is 451 g/mol. The van der Waals surface area contributed by atoms with E-state index < -0.39 is 16.6 Å². The van der Waals surface area contributed by atoms with Gasteiger partial charge in [-0.15, -0.1) is 0 Å². The first-order valence-electron chi connectivity index (χ1n) is 9.85. The average molecular weight is 451 g/mol. The molecule has 1 saturated heterocycles. The van der Waals surface area contributed by atoms with Gasteiger partial charge in [0, 0.05) is 46.3 Å². The number of rotatable bonds is 6. The van der Waals surface area contributed by atoms with Gasteiger partial charge in [0.2, 0.25) is 5.91 Å².